The van der Waals surface area contributed by atoms with Crippen LogP contribution >= 0.6 is 0 Å². The van der Waals surface area contributed by atoms with E-state index in [1.807, 2.05) is 36.7 Å². The van der Waals surface area contributed by atoms with Crippen LogP contribution in [0, 0.1) is 11.3 Å². The maximum atomic E-state index is 9.38. The summed E-state index contributed by atoms with van der Waals surface area (Å²) < 4.78 is 6.33. The molecule has 0 unspecified atom stereocenters. The molecule has 8 aromatic rings. The van der Waals surface area contributed by atoms with Crippen LogP contribution in [-0.4, -0.2) is 4.98 Å². The zero-order valence-electron chi connectivity index (χ0n) is 21.8. The van der Waals surface area contributed by atoms with Gasteiger partial charge in [-0.15, -0.1) is 0 Å². The first-order valence-corrected chi connectivity index (χ1v) is 13.7. The van der Waals surface area contributed by atoms with Crippen LogP contribution in [-0.2, 0) is 0 Å². The van der Waals surface area contributed by atoms with E-state index >= 15 is 0 Å². The van der Waals surface area contributed by atoms with Gasteiger partial charge >= 0.3 is 0 Å². The molecule has 0 saturated heterocycles. The van der Waals surface area contributed by atoms with Gasteiger partial charge in [-0.05, 0) is 115 Å². The fourth-order valence-corrected chi connectivity index (χ4v) is 6.65. The summed E-state index contributed by atoms with van der Waals surface area (Å²) in [5.41, 5.74) is 7.41. The molecule has 0 bridgehead atoms. The van der Waals surface area contributed by atoms with Gasteiger partial charge in [-0.2, -0.15) is 5.26 Å². The Kier molecular flexibility index (Phi) is 4.40. The third-order valence-corrected chi connectivity index (χ3v) is 8.46. The fraction of sp³-hybridized carbons (Fsp3) is 0. The second-order valence-corrected chi connectivity index (χ2v) is 10.7. The van der Waals surface area contributed by atoms with Crippen LogP contribution in [0.2, 0.25) is 0 Å². The van der Waals surface area contributed by atoms with E-state index in [4.69, 9.17) is 4.74 Å². The summed E-state index contributed by atoms with van der Waals surface area (Å²) in [6, 6.07) is 40.8. The molecule has 1 aliphatic rings. The molecule has 0 saturated carbocycles. The van der Waals surface area contributed by atoms with Gasteiger partial charge in [0.1, 0.15) is 11.5 Å². The van der Waals surface area contributed by atoms with Gasteiger partial charge in [0.15, 0.2) is 0 Å². The lowest BCUT2D eigenvalue weighted by Gasteiger charge is -2.23. The van der Waals surface area contributed by atoms with E-state index in [9.17, 15) is 5.26 Å². The van der Waals surface area contributed by atoms with E-state index in [0.29, 0.717) is 5.56 Å². The normalized spacial score (nSPS) is 12.1. The maximum Gasteiger partial charge on any atom is 0.136 e. The highest BCUT2D eigenvalue weighted by Gasteiger charge is 2.22. The van der Waals surface area contributed by atoms with Gasteiger partial charge in [0.25, 0.3) is 0 Å². The molecule has 41 heavy (non-hydrogen) atoms. The SMILES string of the molecule is N#Cc1ccc2c(c1)Oc1ccc(-c3cc4ccc5cc(-c6cccnc6)cc6ccc(c3)c4c56)c3cccc-2c13. The molecular formula is C38H20N2O. The molecule has 0 amide bonds. The topological polar surface area (TPSA) is 45.9 Å². The number of nitriles is 1. The average Bonchev–Trinajstić information content (AvgIpc) is 3.03. The van der Waals surface area contributed by atoms with Gasteiger partial charge in [-0.1, -0.05) is 54.6 Å². The Morgan fingerprint density at radius 2 is 1.24 bits per heavy atom. The van der Waals surface area contributed by atoms with Crippen molar-refractivity contribution in [1.29, 1.82) is 5.26 Å². The molecule has 2 heterocycles. The van der Waals surface area contributed by atoms with Crippen LogP contribution in [0.25, 0.3) is 76.5 Å². The van der Waals surface area contributed by atoms with Crippen LogP contribution in [0.3, 0.4) is 0 Å². The molecule has 3 nitrogen and oxygen atoms in total. The van der Waals surface area contributed by atoms with Crippen molar-refractivity contribution >= 4 is 43.1 Å². The second kappa shape index (κ2) is 8.14. The Bertz CT molecular complexity index is 2330. The van der Waals surface area contributed by atoms with Crippen molar-refractivity contribution < 1.29 is 4.74 Å². The van der Waals surface area contributed by atoms with Crippen LogP contribution in [0.5, 0.6) is 11.5 Å². The maximum absolute atomic E-state index is 9.38. The van der Waals surface area contributed by atoms with Crippen molar-refractivity contribution in [3.05, 3.63) is 127 Å². The highest BCUT2D eigenvalue weighted by molar-refractivity contribution is 6.25. The van der Waals surface area contributed by atoms with E-state index in [2.05, 4.69) is 96.0 Å². The zero-order valence-corrected chi connectivity index (χ0v) is 21.8. The van der Waals surface area contributed by atoms with Gasteiger partial charge in [0.2, 0.25) is 0 Å². The summed E-state index contributed by atoms with van der Waals surface area (Å²) in [5.74, 6) is 1.55. The lowest BCUT2D eigenvalue weighted by molar-refractivity contribution is 0.487. The minimum Gasteiger partial charge on any atom is -0.456 e. The predicted octanol–water partition coefficient (Wildman–Crippen LogP) is 10.1. The van der Waals surface area contributed by atoms with Crippen LogP contribution in [0.15, 0.2) is 122 Å². The number of pyridine rings is 1. The van der Waals surface area contributed by atoms with Crippen molar-refractivity contribution in [1.82, 2.24) is 4.98 Å². The molecule has 3 heteroatoms. The Morgan fingerprint density at radius 3 is 1.93 bits per heavy atom. The minimum atomic E-state index is 0.596. The second-order valence-electron chi connectivity index (χ2n) is 10.7. The molecule has 0 radical (unpaired) electrons. The van der Waals surface area contributed by atoms with E-state index in [1.54, 1.807) is 0 Å². The first kappa shape index (κ1) is 22.1. The highest BCUT2D eigenvalue weighted by atomic mass is 16.5. The third kappa shape index (κ3) is 3.16. The molecule has 1 aliphatic heterocycles. The molecule has 0 spiro atoms. The zero-order chi connectivity index (χ0) is 27.1. The molecule has 0 aliphatic carbocycles. The Hall–Kier alpha value is -5.72. The summed E-state index contributed by atoms with van der Waals surface area (Å²) in [4.78, 5) is 4.32. The van der Waals surface area contributed by atoms with E-state index < -0.39 is 0 Å². The van der Waals surface area contributed by atoms with Crippen LogP contribution in [0.4, 0.5) is 0 Å². The number of aromatic nitrogens is 1. The molecule has 0 fully saturated rings. The molecule has 0 N–H and O–H groups in total. The average molecular weight is 521 g/mol. The first-order chi connectivity index (χ1) is 20.2. The van der Waals surface area contributed by atoms with Crippen LogP contribution < -0.4 is 4.74 Å². The number of ether oxygens (including phenoxy) is 1. The minimum absolute atomic E-state index is 0.596. The lowest BCUT2D eigenvalue weighted by Crippen LogP contribution is -1.98. The Morgan fingerprint density at radius 1 is 0.537 bits per heavy atom. The third-order valence-electron chi connectivity index (χ3n) is 8.46. The summed E-state index contributed by atoms with van der Waals surface area (Å²) in [6.07, 6.45) is 3.74. The van der Waals surface area contributed by atoms with Crippen molar-refractivity contribution in [3.63, 3.8) is 0 Å². The first-order valence-electron chi connectivity index (χ1n) is 13.7. The molecule has 188 valence electrons. The van der Waals surface area contributed by atoms with Crippen molar-refractivity contribution in [2.75, 3.05) is 0 Å². The largest absolute Gasteiger partial charge is 0.456 e. The number of rotatable bonds is 2. The standard InChI is InChI=1S/C38H20N2O/c39-20-22-6-11-31-33-5-1-4-32-30(12-13-34(38(32)33)41-35(31)15-22)29-18-25-9-7-23-16-28(27-3-2-14-40-21-27)17-24-8-10-26(19-29)37(25)36(23)24/h1-19,21H. The Labute approximate surface area is 235 Å². The summed E-state index contributed by atoms with van der Waals surface area (Å²) >= 11 is 0. The van der Waals surface area contributed by atoms with Crippen molar-refractivity contribution in [2.24, 2.45) is 0 Å². The van der Waals surface area contributed by atoms with E-state index in [-0.39, 0.29) is 0 Å². The van der Waals surface area contributed by atoms with Crippen LogP contribution in [0.1, 0.15) is 5.56 Å². The molecule has 0 atom stereocenters. The van der Waals surface area contributed by atoms with Gasteiger partial charge in [0.05, 0.1) is 11.6 Å². The quantitative estimate of drug-likeness (QED) is 0.213. The summed E-state index contributed by atoms with van der Waals surface area (Å²) in [5, 5.41) is 19.2. The Balaban J connectivity index is 1.25. The lowest BCUT2D eigenvalue weighted by atomic mass is 9.87. The molecular weight excluding hydrogens is 500 g/mol. The molecule has 1 aromatic heterocycles. The fourth-order valence-electron chi connectivity index (χ4n) is 6.65. The summed E-state index contributed by atoms with van der Waals surface area (Å²) in [7, 11) is 0. The smallest absolute Gasteiger partial charge is 0.136 e. The predicted molar refractivity (Wildman–Crippen MR) is 167 cm³/mol. The van der Waals surface area contributed by atoms with E-state index in [1.165, 1.54) is 49.0 Å². The molecule has 9 rings (SSSR count). The monoisotopic (exact) mass is 520 g/mol. The number of hydrogen-bond donors (Lipinski definition) is 0. The number of hydrogen-bond acceptors (Lipinski definition) is 3. The van der Waals surface area contributed by atoms with Crippen molar-refractivity contribution in [2.45, 2.75) is 0 Å². The number of nitrogens with zero attached hydrogens (tertiary/aromatic N) is 2. The highest BCUT2D eigenvalue weighted by Crippen LogP contribution is 2.49. The van der Waals surface area contributed by atoms with Gasteiger partial charge < -0.3 is 4.74 Å². The van der Waals surface area contributed by atoms with Crippen molar-refractivity contribution in [3.8, 4) is 50.9 Å². The number of benzene rings is 7. The van der Waals surface area contributed by atoms with Gasteiger partial charge in [-0.25, -0.2) is 0 Å². The summed E-state index contributed by atoms with van der Waals surface area (Å²) in [6.45, 7) is 0. The van der Waals surface area contributed by atoms with Gasteiger partial charge in [-0.3, -0.25) is 4.98 Å². The molecule has 7 aromatic carbocycles. The van der Waals surface area contributed by atoms with Gasteiger partial charge in [0, 0.05) is 28.9 Å². The van der Waals surface area contributed by atoms with E-state index in [0.717, 1.165) is 39.0 Å². The number of fused-ring (bicyclic) bond motifs is 2.